The zero-order valence-electron chi connectivity index (χ0n) is 8.32. The first-order valence-electron chi connectivity index (χ1n) is 4.17. The number of carbonyl (C=O) groups is 1. The van der Waals surface area contributed by atoms with Crippen LogP contribution >= 0.6 is 11.6 Å². The van der Waals surface area contributed by atoms with Gasteiger partial charge in [-0.15, -0.1) is 0 Å². The number of methoxy groups -OCH3 is 1. The zero-order chi connectivity index (χ0) is 11.4. The number of benzene rings is 1. The molecule has 0 saturated carbocycles. The van der Waals surface area contributed by atoms with Crippen molar-refractivity contribution in [1.82, 2.24) is 0 Å². The van der Waals surface area contributed by atoms with Crippen LogP contribution in [0.25, 0.3) is 0 Å². The van der Waals surface area contributed by atoms with Crippen molar-refractivity contribution in [1.29, 1.82) is 0 Å². The van der Waals surface area contributed by atoms with E-state index in [1.165, 1.54) is 7.11 Å². The van der Waals surface area contributed by atoms with E-state index in [0.717, 1.165) is 0 Å². The molecule has 15 heavy (non-hydrogen) atoms. The summed E-state index contributed by atoms with van der Waals surface area (Å²) in [5.74, 6) is -0.406. The van der Waals surface area contributed by atoms with Crippen molar-refractivity contribution in [2.45, 2.75) is 6.92 Å². The number of oxime groups is 1. The molecule has 0 radical (unpaired) electrons. The molecular weight excluding hydrogens is 218 g/mol. The van der Waals surface area contributed by atoms with Crippen molar-refractivity contribution in [3.05, 3.63) is 34.9 Å². The smallest absolute Gasteiger partial charge is 0.338 e. The standard InChI is InChI=1S/C10H10ClNO3/c1-6-5-7(9(11)12-14)3-4-8(6)10(13)15-2/h3-5,14H,1-2H3/b12-9+. The Morgan fingerprint density at radius 3 is 2.67 bits per heavy atom. The molecule has 4 nitrogen and oxygen atoms in total. The van der Waals surface area contributed by atoms with Crippen LogP contribution in [0, 0.1) is 6.92 Å². The second kappa shape index (κ2) is 4.79. The molecular formula is C10H10ClNO3. The van der Waals surface area contributed by atoms with Crippen LogP contribution in [0.2, 0.25) is 0 Å². The van der Waals surface area contributed by atoms with Gasteiger partial charge in [0.25, 0.3) is 0 Å². The molecule has 1 N–H and O–H groups in total. The molecule has 80 valence electrons. The molecule has 5 heteroatoms. The van der Waals surface area contributed by atoms with Crippen LogP contribution in [0.1, 0.15) is 21.5 Å². The third-order valence-corrected chi connectivity index (χ3v) is 2.25. The topological polar surface area (TPSA) is 58.9 Å². The summed E-state index contributed by atoms with van der Waals surface area (Å²) in [5, 5.41) is 11.3. The Morgan fingerprint density at radius 1 is 1.53 bits per heavy atom. The highest BCUT2D eigenvalue weighted by Crippen LogP contribution is 2.14. The fourth-order valence-electron chi connectivity index (χ4n) is 1.19. The van der Waals surface area contributed by atoms with Gasteiger partial charge in [0.2, 0.25) is 0 Å². The highest BCUT2D eigenvalue weighted by Gasteiger charge is 2.10. The number of hydrogen-bond acceptors (Lipinski definition) is 4. The van der Waals surface area contributed by atoms with E-state index in [9.17, 15) is 4.79 Å². The minimum atomic E-state index is -0.406. The number of esters is 1. The maximum atomic E-state index is 11.3. The summed E-state index contributed by atoms with van der Waals surface area (Å²) in [6, 6.07) is 4.81. The highest BCUT2D eigenvalue weighted by atomic mass is 35.5. The van der Waals surface area contributed by atoms with Gasteiger partial charge in [-0.3, -0.25) is 0 Å². The van der Waals surface area contributed by atoms with E-state index >= 15 is 0 Å². The predicted molar refractivity (Wildman–Crippen MR) is 56.7 cm³/mol. The van der Waals surface area contributed by atoms with Crippen molar-refractivity contribution in [3.63, 3.8) is 0 Å². The molecule has 0 aromatic heterocycles. The average Bonchev–Trinajstić information content (AvgIpc) is 2.26. The second-order valence-electron chi connectivity index (χ2n) is 2.91. The van der Waals surface area contributed by atoms with E-state index in [1.54, 1.807) is 25.1 Å². The van der Waals surface area contributed by atoms with E-state index in [1.807, 2.05) is 0 Å². The number of ether oxygens (including phenoxy) is 1. The van der Waals surface area contributed by atoms with Crippen LogP contribution in [0.5, 0.6) is 0 Å². The SMILES string of the molecule is COC(=O)c1ccc(/C(Cl)=N\O)cc1C. The molecule has 0 bridgehead atoms. The fraction of sp³-hybridized carbons (Fsp3) is 0.200. The number of halogens is 1. The minimum Gasteiger partial charge on any atom is -0.465 e. The number of rotatable bonds is 2. The van der Waals surface area contributed by atoms with Gasteiger partial charge in [-0.2, -0.15) is 0 Å². The van der Waals surface area contributed by atoms with Crippen molar-refractivity contribution in [2.75, 3.05) is 7.11 Å². The molecule has 0 aliphatic heterocycles. The maximum absolute atomic E-state index is 11.3. The van der Waals surface area contributed by atoms with E-state index in [2.05, 4.69) is 9.89 Å². The van der Waals surface area contributed by atoms with Gasteiger partial charge in [-0.25, -0.2) is 4.79 Å². The summed E-state index contributed by atoms with van der Waals surface area (Å²) >= 11 is 5.61. The highest BCUT2D eigenvalue weighted by molar-refractivity contribution is 6.69. The summed E-state index contributed by atoms with van der Waals surface area (Å²) in [5.41, 5.74) is 1.72. The first kappa shape index (κ1) is 11.5. The van der Waals surface area contributed by atoms with Crippen molar-refractivity contribution in [3.8, 4) is 0 Å². The molecule has 0 saturated heterocycles. The van der Waals surface area contributed by atoms with Gasteiger partial charge in [-0.1, -0.05) is 22.8 Å². The normalized spacial score (nSPS) is 11.3. The van der Waals surface area contributed by atoms with Crippen LogP contribution < -0.4 is 0 Å². The molecule has 0 unspecified atom stereocenters. The zero-order valence-corrected chi connectivity index (χ0v) is 9.08. The molecule has 1 aromatic rings. The van der Waals surface area contributed by atoms with Gasteiger partial charge in [0.1, 0.15) is 0 Å². The van der Waals surface area contributed by atoms with Crippen molar-refractivity contribution < 1.29 is 14.7 Å². The van der Waals surface area contributed by atoms with Crippen LogP contribution in [-0.2, 0) is 4.74 Å². The Balaban J connectivity index is 3.14. The monoisotopic (exact) mass is 227 g/mol. The van der Waals surface area contributed by atoms with Gasteiger partial charge in [0.05, 0.1) is 12.7 Å². The molecule has 0 aliphatic rings. The van der Waals surface area contributed by atoms with Crippen LogP contribution in [-0.4, -0.2) is 23.5 Å². The summed E-state index contributed by atoms with van der Waals surface area (Å²) in [4.78, 5) is 11.3. The summed E-state index contributed by atoms with van der Waals surface area (Å²) in [6.45, 7) is 1.75. The predicted octanol–water partition coefficient (Wildman–Crippen LogP) is 2.16. The van der Waals surface area contributed by atoms with Crippen molar-refractivity contribution >= 4 is 22.7 Å². The second-order valence-corrected chi connectivity index (χ2v) is 3.27. The third kappa shape index (κ3) is 2.47. The van der Waals surface area contributed by atoms with Gasteiger partial charge >= 0.3 is 5.97 Å². The third-order valence-electron chi connectivity index (χ3n) is 1.96. The molecule has 0 atom stereocenters. The molecule has 0 aliphatic carbocycles. The molecule has 0 amide bonds. The van der Waals surface area contributed by atoms with E-state index in [4.69, 9.17) is 16.8 Å². The number of carbonyl (C=O) groups excluding carboxylic acids is 1. The fourth-order valence-corrected chi connectivity index (χ4v) is 1.31. The van der Waals surface area contributed by atoms with E-state index in [0.29, 0.717) is 16.7 Å². The molecule has 1 rings (SSSR count). The van der Waals surface area contributed by atoms with Gasteiger partial charge in [-0.05, 0) is 24.6 Å². The quantitative estimate of drug-likeness (QED) is 0.365. The Bertz CT molecular complexity index is 415. The van der Waals surface area contributed by atoms with Gasteiger partial charge < -0.3 is 9.94 Å². The maximum Gasteiger partial charge on any atom is 0.338 e. The van der Waals surface area contributed by atoms with Crippen molar-refractivity contribution in [2.24, 2.45) is 5.16 Å². The Morgan fingerprint density at radius 2 is 2.20 bits per heavy atom. The average molecular weight is 228 g/mol. The first-order valence-corrected chi connectivity index (χ1v) is 4.55. The Kier molecular flexibility index (Phi) is 3.68. The van der Waals surface area contributed by atoms with Gasteiger partial charge in [0, 0.05) is 5.56 Å². The number of nitrogens with zero attached hydrogens (tertiary/aromatic N) is 1. The summed E-state index contributed by atoms with van der Waals surface area (Å²) in [7, 11) is 1.32. The van der Waals surface area contributed by atoms with E-state index in [-0.39, 0.29) is 5.17 Å². The van der Waals surface area contributed by atoms with E-state index < -0.39 is 5.97 Å². The lowest BCUT2D eigenvalue weighted by molar-refractivity contribution is 0.0600. The van der Waals surface area contributed by atoms with Crippen LogP contribution in [0.15, 0.2) is 23.4 Å². The number of hydrogen-bond donors (Lipinski definition) is 1. The largest absolute Gasteiger partial charge is 0.465 e. The lowest BCUT2D eigenvalue weighted by Crippen LogP contribution is -2.04. The molecule has 0 heterocycles. The van der Waals surface area contributed by atoms with Crippen LogP contribution in [0.3, 0.4) is 0 Å². The minimum absolute atomic E-state index is 0.0190. The number of aryl methyl sites for hydroxylation is 1. The molecule has 0 fully saturated rings. The molecule has 0 spiro atoms. The Hall–Kier alpha value is -1.55. The first-order chi connectivity index (χ1) is 7.10. The summed E-state index contributed by atoms with van der Waals surface area (Å²) < 4.78 is 4.59. The Labute approximate surface area is 92.1 Å². The molecule has 1 aromatic carbocycles. The lowest BCUT2D eigenvalue weighted by Gasteiger charge is -2.05. The van der Waals surface area contributed by atoms with Gasteiger partial charge in [0.15, 0.2) is 5.17 Å². The van der Waals surface area contributed by atoms with Crippen LogP contribution in [0.4, 0.5) is 0 Å². The summed E-state index contributed by atoms with van der Waals surface area (Å²) in [6.07, 6.45) is 0. The lowest BCUT2D eigenvalue weighted by atomic mass is 10.1.